The first kappa shape index (κ1) is 15.4. The maximum Gasteiger partial charge on any atom is 0.311 e. The molecule has 0 amide bonds. The van der Waals surface area contributed by atoms with Gasteiger partial charge in [0.15, 0.2) is 0 Å². The number of pyridine rings is 2. The van der Waals surface area contributed by atoms with Gasteiger partial charge in [0.25, 0.3) is 0 Å². The third-order valence-corrected chi connectivity index (χ3v) is 4.34. The van der Waals surface area contributed by atoms with Crippen molar-refractivity contribution < 1.29 is 4.92 Å². The van der Waals surface area contributed by atoms with Gasteiger partial charge in [0.2, 0.25) is 5.82 Å². The second-order valence-electron chi connectivity index (χ2n) is 6.04. The molecule has 1 aliphatic rings. The van der Waals surface area contributed by atoms with E-state index >= 15 is 0 Å². The van der Waals surface area contributed by atoms with Crippen molar-refractivity contribution >= 4 is 23.0 Å². The fourth-order valence-electron chi connectivity index (χ4n) is 3.09. The zero-order chi connectivity index (χ0) is 17.2. The predicted molar refractivity (Wildman–Crippen MR) is 94.9 cm³/mol. The molecule has 25 heavy (non-hydrogen) atoms. The molecule has 4 heterocycles. The first-order valence-electron chi connectivity index (χ1n) is 8.27. The van der Waals surface area contributed by atoms with Crippen LogP contribution in [0.1, 0.15) is 18.5 Å². The maximum absolute atomic E-state index is 11.3. The van der Waals surface area contributed by atoms with Crippen molar-refractivity contribution in [2.24, 2.45) is 0 Å². The minimum atomic E-state index is -0.410. The predicted octanol–water partition coefficient (Wildman–Crippen LogP) is 2.85. The molecule has 1 aliphatic heterocycles. The molecule has 0 unspecified atom stereocenters. The Morgan fingerprint density at radius 3 is 2.76 bits per heavy atom. The van der Waals surface area contributed by atoms with Crippen LogP contribution in [0.25, 0.3) is 5.65 Å². The smallest absolute Gasteiger partial charge is 0.311 e. The highest BCUT2D eigenvalue weighted by molar-refractivity contribution is 5.61. The van der Waals surface area contributed by atoms with Crippen LogP contribution in [0, 0.1) is 10.1 Å². The molecule has 0 bridgehead atoms. The average Bonchev–Trinajstić information content (AvgIpc) is 3.28. The SMILES string of the molecule is O=[N+]([O-])c1ccc(N2CCCC2)nc1NCc1cn2ccccc2n1. The monoisotopic (exact) mass is 338 g/mol. The molecule has 0 spiro atoms. The van der Waals surface area contributed by atoms with Crippen LogP contribution in [0.4, 0.5) is 17.3 Å². The molecule has 3 aromatic rings. The lowest BCUT2D eigenvalue weighted by Gasteiger charge is -2.17. The van der Waals surface area contributed by atoms with E-state index < -0.39 is 4.92 Å². The molecular formula is C17H18N6O2. The summed E-state index contributed by atoms with van der Waals surface area (Å²) in [5.41, 5.74) is 1.62. The van der Waals surface area contributed by atoms with Gasteiger partial charge in [0, 0.05) is 31.5 Å². The molecule has 1 N–H and O–H groups in total. The fourth-order valence-corrected chi connectivity index (χ4v) is 3.09. The summed E-state index contributed by atoms with van der Waals surface area (Å²) in [4.78, 5) is 22.0. The topological polar surface area (TPSA) is 88.6 Å². The van der Waals surface area contributed by atoms with Gasteiger partial charge in [-0.15, -0.1) is 0 Å². The summed E-state index contributed by atoms with van der Waals surface area (Å²) in [6.07, 6.45) is 6.07. The molecule has 1 saturated heterocycles. The molecule has 128 valence electrons. The summed E-state index contributed by atoms with van der Waals surface area (Å²) >= 11 is 0. The summed E-state index contributed by atoms with van der Waals surface area (Å²) in [6.45, 7) is 2.26. The van der Waals surface area contributed by atoms with E-state index in [0.717, 1.165) is 43.1 Å². The summed E-state index contributed by atoms with van der Waals surface area (Å²) in [7, 11) is 0. The molecule has 0 aromatic carbocycles. The molecule has 8 heteroatoms. The molecule has 0 radical (unpaired) electrons. The molecule has 8 nitrogen and oxygen atoms in total. The van der Waals surface area contributed by atoms with Crippen molar-refractivity contribution in [3.8, 4) is 0 Å². The van der Waals surface area contributed by atoms with Crippen molar-refractivity contribution in [1.82, 2.24) is 14.4 Å². The van der Waals surface area contributed by atoms with Gasteiger partial charge in [-0.05, 0) is 31.0 Å². The van der Waals surface area contributed by atoms with Gasteiger partial charge in [-0.25, -0.2) is 9.97 Å². The van der Waals surface area contributed by atoms with E-state index in [1.807, 2.05) is 35.0 Å². The number of rotatable bonds is 5. The Morgan fingerprint density at radius 1 is 1.16 bits per heavy atom. The fraction of sp³-hybridized carbons (Fsp3) is 0.294. The normalized spacial score (nSPS) is 14.2. The van der Waals surface area contributed by atoms with Gasteiger partial charge < -0.3 is 14.6 Å². The van der Waals surface area contributed by atoms with E-state index in [4.69, 9.17) is 0 Å². The van der Waals surface area contributed by atoms with Crippen LogP contribution in [0.3, 0.4) is 0 Å². The minimum absolute atomic E-state index is 0.0216. The van der Waals surface area contributed by atoms with Crippen molar-refractivity contribution in [2.75, 3.05) is 23.3 Å². The summed E-state index contributed by atoms with van der Waals surface area (Å²) < 4.78 is 1.92. The van der Waals surface area contributed by atoms with Crippen LogP contribution in [0.15, 0.2) is 42.7 Å². The van der Waals surface area contributed by atoms with E-state index in [1.165, 1.54) is 6.07 Å². The zero-order valence-electron chi connectivity index (χ0n) is 13.6. The number of anilines is 2. The number of imidazole rings is 1. The second kappa shape index (κ2) is 6.39. The van der Waals surface area contributed by atoms with Crippen molar-refractivity contribution in [3.63, 3.8) is 0 Å². The first-order valence-corrected chi connectivity index (χ1v) is 8.27. The number of aromatic nitrogens is 3. The van der Waals surface area contributed by atoms with Gasteiger partial charge in [0.1, 0.15) is 11.5 Å². The molecule has 1 fully saturated rings. The van der Waals surface area contributed by atoms with Gasteiger partial charge >= 0.3 is 5.69 Å². The van der Waals surface area contributed by atoms with Crippen LogP contribution < -0.4 is 10.2 Å². The standard InChI is InChI=1S/C17H18N6O2/c24-23(25)14-6-7-16(21-8-3-4-9-21)20-17(14)18-11-13-12-22-10-2-1-5-15(22)19-13/h1-2,5-7,10,12H,3-4,8-9,11H2,(H,18,20). The quantitative estimate of drug-likeness (QED) is 0.568. The van der Waals surface area contributed by atoms with E-state index in [1.54, 1.807) is 6.07 Å². The summed E-state index contributed by atoms with van der Waals surface area (Å²) in [5, 5.41) is 14.4. The lowest BCUT2D eigenvalue weighted by atomic mass is 10.3. The Hall–Kier alpha value is -3.16. The summed E-state index contributed by atoms with van der Waals surface area (Å²) in [5.74, 6) is 1.06. The van der Waals surface area contributed by atoms with Gasteiger partial charge in [-0.3, -0.25) is 10.1 Å². The van der Waals surface area contributed by atoms with E-state index in [9.17, 15) is 10.1 Å². The molecule has 4 rings (SSSR count). The Kier molecular flexibility index (Phi) is 3.93. The van der Waals surface area contributed by atoms with E-state index in [0.29, 0.717) is 6.54 Å². The Labute approximate surface area is 144 Å². The molecule has 0 saturated carbocycles. The van der Waals surface area contributed by atoms with Crippen molar-refractivity contribution in [3.05, 3.63) is 58.5 Å². The highest BCUT2D eigenvalue weighted by Gasteiger charge is 2.20. The molecule has 0 atom stereocenters. The molecule has 0 aliphatic carbocycles. The third kappa shape index (κ3) is 3.10. The van der Waals surface area contributed by atoms with Gasteiger partial charge in [-0.1, -0.05) is 6.07 Å². The Bertz CT molecular complexity index is 883. The number of nitrogens with one attached hydrogen (secondary N) is 1. The van der Waals surface area contributed by atoms with Crippen LogP contribution >= 0.6 is 0 Å². The van der Waals surface area contributed by atoms with Gasteiger partial charge in [0.05, 0.1) is 17.2 Å². The highest BCUT2D eigenvalue weighted by atomic mass is 16.6. The van der Waals surface area contributed by atoms with E-state index in [-0.39, 0.29) is 11.5 Å². The average molecular weight is 338 g/mol. The summed E-state index contributed by atoms with van der Waals surface area (Å²) in [6, 6.07) is 9.01. The Balaban J connectivity index is 1.58. The van der Waals surface area contributed by atoms with Crippen LogP contribution in [-0.4, -0.2) is 32.4 Å². The zero-order valence-corrected chi connectivity index (χ0v) is 13.6. The first-order chi connectivity index (χ1) is 12.2. The number of hydrogen-bond donors (Lipinski definition) is 1. The second-order valence-corrected chi connectivity index (χ2v) is 6.04. The van der Waals surface area contributed by atoms with Gasteiger partial charge in [-0.2, -0.15) is 0 Å². The van der Waals surface area contributed by atoms with Crippen LogP contribution in [0.5, 0.6) is 0 Å². The Morgan fingerprint density at radius 2 is 2.00 bits per heavy atom. The number of nitrogens with zero attached hydrogens (tertiary/aromatic N) is 5. The van der Waals surface area contributed by atoms with Crippen molar-refractivity contribution in [1.29, 1.82) is 0 Å². The number of nitro groups is 1. The lowest BCUT2D eigenvalue weighted by molar-refractivity contribution is -0.384. The third-order valence-electron chi connectivity index (χ3n) is 4.34. The maximum atomic E-state index is 11.3. The highest BCUT2D eigenvalue weighted by Crippen LogP contribution is 2.27. The minimum Gasteiger partial charge on any atom is -0.359 e. The molecule has 3 aromatic heterocycles. The largest absolute Gasteiger partial charge is 0.359 e. The van der Waals surface area contributed by atoms with E-state index in [2.05, 4.69) is 20.2 Å². The van der Waals surface area contributed by atoms with Crippen LogP contribution in [0.2, 0.25) is 0 Å². The van der Waals surface area contributed by atoms with Crippen molar-refractivity contribution in [2.45, 2.75) is 19.4 Å². The molecular weight excluding hydrogens is 320 g/mol. The number of hydrogen-bond acceptors (Lipinski definition) is 6. The van der Waals surface area contributed by atoms with Crippen LogP contribution in [-0.2, 0) is 6.54 Å². The number of fused-ring (bicyclic) bond motifs is 1. The lowest BCUT2D eigenvalue weighted by Crippen LogP contribution is -2.19.